The van der Waals surface area contributed by atoms with Gasteiger partial charge in [-0.15, -0.1) is 0 Å². The molecular formula is C21H18N6. The molecule has 2 saturated heterocycles. The lowest BCUT2D eigenvalue weighted by atomic mass is 10.1. The minimum absolute atomic E-state index is 0.236. The van der Waals surface area contributed by atoms with Gasteiger partial charge in [-0.3, -0.25) is 4.90 Å². The molecule has 4 rings (SSSR count). The van der Waals surface area contributed by atoms with Gasteiger partial charge < -0.3 is 4.90 Å². The van der Waals surface area contributed by atoms with E-state index in [1.807, 2.05) is 18.2 Å². The van der Waals surface area contributed by atoms with Gasteiger partial charge in [-0.2, -0.15) is 10.5 Å². The van der Waals surface area contributed by atoms with Crippen molar-refractivity contribution in [1.29, 1.82) is 10.5 Å². The van der Waals surface area contributed by atoms with Crippen LogP contribution in [0.5, 0.6) is 0 Å². The number of hydrogen-bond donors (Lipinski definition) is 0. The lowest BCUT2D eigenvalue weighted by molar-refractivity contribution is 0.202. The van der Waals surface area contributed by atoms with Crippen LogP contribution in [-0.4, -0.2) is 46.6 Å². The fraction of sp³-hybridized carbons (Fsp3) is 0.333. The second kappa shape index (κ2) is 7.46. The van der Waals surface area contributed by atoms with Crippen molar-refractivity contribution in [2.45, 2.75) is 24.9 Å². The smallest absolute Gasteiger partial charge is 0.183 e. The second-order valence-corrected chi connectivity index (χ2v) is 6.73. The van der Waals surface area contributed by atoms with Gasteiger partial charge in [-0.1, -0.05) is 17.9 Å². The standard InChI is InChI=1S/C21H18N6/c22-13-17-3-1-2-16(12-17)4-5-18-6-7-19-15-26(10-11-27(18)19)21-20(14-23)24-8-9-25-21/h1-3,8-9,12,18-19H,6-7,10-11,15H2/t18-,19-/m0/s1. The molecule has 2 fully saturated rings. The number of aromatic nitrogens is 2. The van der Waals surface area contributed by atoms with Gasteiger partial charge in [0.2, 0.25) is 0 Å². The zero-order chi connectivity index (χ0) is 18.6. The summed E-state index contributed by atoms with van der Waals surface area (Å²) in [6.07, 6.45) is 5.31. The third kappa shape index (κ3) is 3.47. The van der Waals surface area contributed by atoms with E-state index in [4.69, 9.17) is 5.26 Å². The predicted octanol–water partition coefficient (Wildman–Crippen LogP) is 1.92. The van der Waals surface area contributed by atoms with Crippen molar-refractivity contribution in [3.8, 4) is 24.0 Å². The fourth-order valence-corrected chi connectivity index (χ4v) is 3.87. The maximum Gasteiger partial charge on any atom is 0.183 e. The van der Waals surface area contributed by atoms with Gasteiger partial charge in [-0.25, -0.2) is 9.97 Å². The average molecular weight is 354 g/mol. The van der Waals surface area contributed by atoms with Crippen LogP contribution < -0.4 is 4.90 Å². The van der Waals surface area contributed by atoms with Gasteiger partial charge in [0.25, 0.3) is 0 Å². The Morgan fingerprint density at radius 1 is 1.00 bits per heavy atom. The van der Waals surface area contributed by atoms with Crippen LogP contribution in [0, 0.1) is 34.5 Å². The van der Waals surface area contributed by atoms with Crippen LogP contribution in [-0.2, 0) is 0 Å². The molecule has 2 aliphatic heterocycles. The molecule has 6 nitrogen and oxygen atoms in total. The Bertz CT molecular complexity index is 990. The van der Waals surface area contributed by atoms with Crippen LogP contribution in [0.2, 0.25) is 0 Å². The SMILES string of the molecule is N#Cc1cccc(C#C[C@H]2CC[C@H]3CN(c4nccnc4C#N)CCN32)c1. The maximum absolute atomic E-state index is 9.27. The molecule has 0 bridgehead atoms. The molecular weight excluding hydrogens is 336 g/mol. The summed E-state index contributed by atoms with van der Waals surface area (Å²) < 4.78 is 0. The van der Waals surface area contributed by atoms with E-state index < -0.39 is 0 Å². The van der Waals surface area contributed by atoms with Crippen molar-refractivity contribution in [3.05, 3.63) is 53.5 Å². The van der Waals surface area contributed by atoms with E-state index in [0.717, 1.165) is 38.0 Å². The quantitative estimate of drug-likeness (QED) is 0.728. The summed E-state index contributed by atoms with van der Waals surface area (Å²) in [4.78, 5) is 13.1. The number of nitriles is 2. The Balaban J connectivity index is 1.47. The molecule has 0 amide bonds. The van der Waals surface area contributed by atoms with Gasteiger partial charge in [0.15, 0.2) is 11.5 Å². The highest BCUT2D eigenvalue weighted by atomic mass is 15.3. The third-order valence-corrected chi connectivity index (χ3v) is 5.16. The van der Waals surface area contributed by atoms with Crippen LogP contribution in [0.3, 0.4) is 0 Å². The summed E-state index contributed by atoms with van der Waals surface area (Å²) in [6.45, 7) is 2.55. The molecule has 1 aromatic heterocycles. The lowest BCUT2D eigenvalue weighted by Crippen LogP contribution is -2.52. The van der Waals surface area contributed by atoms with Crippen molar-refractivity contribution >= 4 is 5.82 Å². The fourth-order valence-electron chi connectivity index (χ4n) is 3.87. The molecule has 0 saturated carbocycles. The van der Waals surface area contributed by atoms with Crippen LogP contribution in [0.15, 0.2) is 36.7 Å². The van der Waals surface area contributed by atoms with Gasteiger partial charge in [0, 0.05) is 43.6 Å². The number of anilines is 1. The summed E-state index contributed by atoms with van der Waals surface area (Å²) in [5.41, 5.74) is 1.91. The third-order valence-electron chi connectivity index (χ3n) is 5.16. The molecule has 2 atom stereocenters. The molecule has 0 aliphatic carbocycles. The van der Waals surface area contributed by atoms with Crippen LogP contribution >= 0.6 is 0 Å². The molecule has 0 unspecified atom stereocenters. The summed E-state index contributed by atoms with van der Waals surface area (Å²) in [5, 5.41) is 18.3. The van der Waals surface area contributed by atoms with Crippen molar-refractivity contribution in [2.24, 2.45) is 0 Å². The van der Waals surface area contributed by atoms with E-state index in [1.54, 1.807) is 18.5 Å². The minimum Gasteiger partial charge on any atom is -0.351 e. The lowest BCUT2D eigenvalue weighted by Gasteiger charge is -2.39. The van der Waals surface area contributed by atoms with Crippen LogP contribution in [0.4, 0.5) is 5.82 Å². The predicted molar refractivity (Wildman–Crippen MR) is 101 cm³/mol. The Hall–Kier alpha value is -3.40. The first-order valence-electron chi connectivity index (χ1n) is 9.02. The zero-order valence-corrected chi connectivity index (χ0v) is 14.8. The summed E-state index contributed by atoms with van der Waals surface area (Å²) in [6, 6.07) is 12.4. The second-order valence-electron chi connectivity index (χ2n) is 6.73. The van der Waals surface area contributed by atoms with Gasteiger partial charge in [-0.05, 0) is 31.0 Å². The number of hydrogen-bond acceptors (Lipinski definition) is 6. The van der Waals surface area contributed by atoms with Crippen molar-refractivity contribution in [1.82, 2.24) is 14.9 Å². The van der Waals surface area contributed by atoms with E-state index in [2.05, 4.69) is 43.7 Å². The Labute approximate surface area is 158 Å². The highest BCUT2D eigenvalue weighted by molar-refractivity contribution is 5.50. The Morgan fingerprint density at radius 3 is 2.70 bits per heavy atom. The van der Waals surface area contributed by atoms with E-state index in [1.165, 1.54) is 0 Å². The Morgan fingerprint density at radius 2 is 1.85 bits per heavy atom. The topological polar surface area (TPSA) is 79.8 Å². The molecule has 1 aromatic carbocycles. The molecule has 2 aromatic rings. The summed E-state index contributed by atoms with van der Waals surface area (Å²) in [7, 11) is 0. The molecule has 3 heterocycles. The van der Waals surface area contributed by atoms with Gasteiger partial charge in [0.1, 0.15) is 6.07 Å². The first-order chi connectivity index (χ1) is 13.3. The normalized spacial score (nSPS) is 21.5. The molecule has 2 aliphatic rings. The average Bonchev–Trinajstić information content (AvgIpc) is 3.14. The molecule has 27 heavy (non-hydrogen) atoms. The highest BCUT2D eigenvalue weighted by Gasteiger charge is 2.37. The number of fused-ring (bicyclic) bond motifs is 1. The van der Waals surface area contributed by atoms with E-state index in [-0.39, 0.29) is 6.04 Å². The largest absolute Gasteiger partial charge is 0.351 e. The number of nitrogens with zero attached hydrogens (tertiary/aromatic N) is 6. The van der Waals surface area contributed by atoms with Crippen molar-refractivity contribution in [3.63, 3.8) is 0 Å². The van der Waals surface area contributed by atoms with Crippen LogP contribution in [0.25, 0.3) is 0 Å². The van der Waals surface area contributed by atoms with Gasteiger partial charge >= 0.3 is 0 Å². The maximum atomic E-state index is 9.27. The summed E-state index contributed by atoms with van der Waals surface area (Å²) in [5.74, 6) is 7.31. The number of benzene rings is 1. The first kappa shape index (κ1) is 17.0. The Kier molecular flexibility index (Phi) is 4.71. The number of rotatable bonds is 1. The molecule has 0 N–H and O–H groups in total. The highest BCUT2D eigenvalue weighted by Crippen LogP contribution is 2.29. The van der Waals surface area contributed by atoms with E-state index in [0.29, 0.717) is 23.1 Å². The molecule has 132 valence electrons. The monoisotopic (exact) mass is 354 g/mol. The minimum atomic E-state index is 0.236. The molecule has 0 spiro atoms. The van der Waals surface area contributed by atoms with Crippen LogP contribution in [0.1, 0.15) is 29.7 Å². The van der Waals surface area contributed by atoms with Gasteiger partial charge in [0.05, 0.1) is 17.7 Å². The van der Waals surface area contributed by atoms with Crippen molar-refractivity contribution < 1.29 is 0 Å². The van der Waals surface area contributed by atoms with E-state index in [9.17, 15) is 5.26 Å². The number of piperazine rings is 1. The molecule has 0 radical (unpaired) electrons. The summed E-state index contributed by atoms with van der Waals surface area (Å²) >= 11 is 0. The molecule has 6 heteroatoms. The first-order valence-corrected chi connectivity index (χ1v) is 9.02. The zero-order valence-electron chi connectivity index (χ0n) is 14.8. The van der Waals surface area contributed by atoms with E-state index >= 15 is 0 Å². The van der Waals surface area contributed by atoms with Crippen molar-refractivity contribution in [2.75, 3.05) is 24.5 Å².